The maximum atomic E-state index is 3.53. The number of nitrogens with one attached hydrogen (secondary N) is 1. The zero-order valence-electron chi connectivity index (χ0n) is 18.3. The number of aryl methyl sites for hydroxylation is 1. The minimum Gasteiger partial charge on any atom is -0.355 e. The number of aromatic nitrogens is 2. The van der Waals surface area contributed by atoms with Crippen molar-refractivity contribution in [1.82, 2.24) is 9.55 Å². The Morgan fingerprint density at radius 2 is 1.15 bits per heavy atom. The van der Waals surface area contributed by atoms with Crippen LogP contribution in [-0.2, 0) is 0 Å². The minimum atomic E-state index is 1.18. The van der Waals surface area contributed by atoms with Crippen molar-refractivity contribution in [3.8, 4) is 16.8 Å². The van der Waals surface area contributed by atoms with Crippen LogP contribution in [0.15, 0.2) is 109 Å². The van der Waals surface area contributed by atoms with Gasteiger partial charge in [0.05, 0.1) is 11.0 Å². The lowest BCUT2D eigenvalue weighted by atomic mass is 10.0. The number of benzene rings is 5. The van der Waals surface area contributed by atoms with Crippen molar-refractivity contribution in [2.24, 2.45) is 0 Å². The molecular weight excluding hydrogens is 400 g/mol. The molecule has 1 N–H and O–H groups in total. The highest BCUT2D eigenvalue weighted by atomic mass is 15.0. The molecule has 156 valence electrons. The van der Waals surface area contributed by atoms with Crippen LogP contribution in [0.1, 0.15) is 5.56 Å². The average Bonchev–Trinajstić information content (AvgIpc) is 3.39. The molecule has 2 heterocycles. The Morgan fingerprint density at radius 1 is 0.515 bits per heavy atom. The molecule has 0 bridgehead atoms. The molecule has 7 rings (SSSR count). The number of hydrogen-bond donors (Lipinski definition) is 1. The minimum absolute atomic E-state index is 1.18. The van der Waals surface area contributed by atoms with Gasteiger partial charge in [0, 0.05) is 38.3 Å². The highest BCUT2D eigenvalue weighted by molar-refractivity contribution is 6.11. The van der Waals surface area contributed by atoms with E-state index in [2.05, 4.69) is 126 Å². The van der Waals surface area contributed by atoms with Crippen LogP contribution in [-0.4, -0.2) is 9.55 Å². The number of aromatic amines is 1. The molecule has 0 fully saturated rings. The molecule has 0 saturated heterocycles. The van der Waals surface area contributed by atoms with Crippen molar-refractivity contribution in [3.63, 3.8) is 0 Å². The van der Waals surface area contributed by atoms with Crippen LogP contribution >= 0.6 is 0 Å². The molecule has 0 atom stereocenters. The highest BCUT2D eigenvalue weighted by Crippen LogP contribution is 2.36. The van der Waals surface area contributed by atoms with Crippen molar-refractivity contribution >= 4 is 43.6 Å². The first-order chi connectivity index (χ1) is 16.3. The van der Waals surface area contributed by atoms with Crippen LogP contribution in [0.25, 0.3) is 60.4 Å². The van der Waals surface area contributed by atoms with E-state index in [1.165, 1.54) is 66.0 Å². The normalized spacial score (nSPS) is 11.8. The van der Waals surface area contributed by atoms with Crippen LogP contribution in [0.5, 0.6) is 0 Å². The summed E-state index contributed by atoms with van der Waals surface area (Å²) in [6, 6.07) is 39.6. The van der Waals surface area contributed by atoms with Gasteiger partial charge in [-0.15, -0.1) is 0 Å². The van der Waals surface area contributed by atoms with Gasteiger partial charge < -0.3 is 9.55 Å². The number of fused-ring (bicyclic) bond motifs is 6. The fourth-order valence-electron chi connectivity index (χ4n) is 5.15. The summed E-state index contributed by atoms with van der Waals surface area (Å²) < 4.78 is 2.37. The number of hydrogen-bond acceptors (Lipinski definition) is 0. The molecule has 0 amide bonds. The number of nitrogens with zero attached hydrogens (tertiary/aromatic N) is 1. The van der Waals surface area contributed by atoms with Crippen molar-refractivity contribution < 1.29 is 0 Å². The number of H-pyrrole nitrogens is 1. The van der Waals surface area contributed by atoms with Crippen LogP contribution in [0, 0.1) is 6.92 Å². The summed E-state index contributed by atoms with van der Waals surface area (Å²) in [5.74, 6) is 0. The first-order valence-electron chi connectivity index (χ1n) is 11.4. The zero-order chi connectivity index (χ0) is 21.9. The topological polar surface area (TPSA) is 20.7 Å². The van der Waals surface area contributed by atoms with Gasteiger partial charge in [-0.2, -0.15) is 0 Å². The number of para-hydroxylation sites is 2. The second-order valence-corrected chi connectivity index (χ2v) is 8.85. The quantitative estimate of drug-likeness (QED) is 0.289. The van der Waals surface area contributed by atoms with Gasteiger partial charge in [0.1, 0.15) is 0 Å². The Hall–Kier alpha value is -4.30. The zero-order valence-corrected chi connectivity index (χ0v) is 18.3. The standard InChI is InChI=1S/C31H22N2/c1-20-10-14-23(15-11-20)33-30-9-5-3-7-25(30)27-19-22(13-17-31(27)33)21-12-16-29-26(18-21)24-6-2-4-8-28(24)32-29/h2-19,32H,1H3. The molecule has 33 heavy (non-hydrogen) atoms. The van der Waals surface area contributed by atoms with E-state index in [0.29, 0.717) is 0 Å². The van der Waals surface area contributed by atoms with E-state index in [9.17, 15) is 0 Å². The van der Waals surface area contributed by atoms with Crippen LogP contribution in [0.2, 0.25) is 0 Å². The van der Waals surface area contributed by atoms with E-state index in [4.69, 9.17) is 0 Å². The molecule has 2 aromatic heterocycles. The predicted octanol–water partition coefficient (Wildman–Crippen LogP) is 8.39. The Bertz CT molecular complexity index is 1810. The third-order valence-electron chi connectivity index (χ3n) is 6.80. The van der Waals surface area contributed by atoms with Crippen LogP contribution in [0.3, 0.4) is 0 Å². The lowest BCUT2D eigenvalue weighted by Gasteiger charge is -2.09. The SMILES string of the molecule is Cc1ccc(-n2c3ccccc3c3cc(-c4ccc5[nH]c6ccccc6c5c4)ccc32)cc1. The molecule has 0 unspecified atom stereocenters. The van der Waals surface area contributed by atoms with Gasteiger partial charge in [-0.3, -0.25) is 0 Å². The van der Waals surface area contributed by atoms with Gasteiger partial charge in [0.25, 0.3) is 0 Å². The summed E-state index contributed by atoms with van der Waals surface area (Å²) in [5, 5.41) is 5.10. The molecule has 0 aliphatic heterocycles. The highest BCUT2D eigenvalue weighted by Gasteiger charge is 2.13. The fourth-order valence-corrected chi connectivity index (χ4v) is 5.15. The smallest absolute Gasteiger partial charge is 0.0541 e. The maximum absolute atomic E-state index is 3.53. The predicted molar refractivity (Wildman–Crippen MR) is 140 cm³/mol. The third-order valence-corrected chi connectivity index (χ3v) is 6.80. The molecule has 5 aromatic carbocycles. The van der Waals surface area contributed by atoms with Crippen molar-refractivity contribution in [2.75, 3.05) is 0 Å². The molecule has 0 saturated carbocycles. The fraction of sp³-hybridized carbons (Fsp3) is 0.0323. The monoisotopic (exact) mass is 422 g/mol. The Morgan fingerprint density at radius 3 is 2.00 bits per heavy atom. The first-order valence-corrected chi connectivity index (χ1v) is 11.4. The molecule has 7 aromatic rings. The summed E-state index contributed by atoms with van der Waals surface area (Å²) in [4.78, 5) is 3.53. The summed E-state index contributed by atoms with van der Waals surface area (Å²) in [6.45, 7) is 2.13. The van der Waals surface area contributed by atoms with Gasteiger partial charge in [-0.05, 0) is 66.6 Å². The van der Waals surface area contributed by atoms with Gasteiger partial charge in [-0.1, -0.05) is 66.2 Å². The third kappa shape index (κ3) is 2.74. The summed E-state index contributed by atoms with van der Waals surface area (Å²) in [5.41, 5.74) is 9.77. The van der Waals surface area contributed by atoms with Gasteiger partial charge >= 0.3 is 0 Å². The van der Waals surface area contributed by atoms with Gasteiger partial charge in [-0.25, -0.2) is 0 Å². The van der Waals surface area contributed by atoms with Gasteiger partial charge in [0.15, 0.2) is 0 Å². The van der Waals surface area contributed by atoms with E-state index in [1.807, 2.05) is 0 Å². The lowest BCUT2D eigenvalue weighted by molar-refractivity contribution is 1.17. The summed E-state index contributed by atoms with van der Waals surface area (Å²) in [6.07, 6.45) is 0. The van der Waals surface area contributed by atoms with E-state index >= 15 is 0 Å². The molecule has 0 aliphatic rings. The van der Waals surface area contributed by atoms with E-state index in [0.717, 1.165) is 0 Å². The Kier molecular flexibility index (Phi) is 3.80. The van der Waals surface area contributed by atoms with E-state index < -0.39 is 0 Å². The first kappa shape index (κ1) is 18.3. The summed E-state index contributed by atoms with van der Waals surface area (Å²) in [7, 11) is 0. The molecule has 0 spiro atoms. The second-order valence-electron chi connectivity index (χ2n) is 8.85. The maximum Gasteiger partial charge on any atom is 0.0541 e. The second kappa shape index (κ2) is 6.85. The average molecular weight is 423 g/mol. The van der Waals surface area contributed by atoms with Crippen molar-refractivity contribution in [1.29, 1.82) is 0 Å². The lowest BCUT2D eigenvalue weighted by Crippen LogP contribution is -1.93. The molecule has 2 heteroatoms. The number of rotatable bonds is 2. The van der Waals surface area contributed by atoms with E-state index in [1.54, 1.807) is 0 Å². The molecule has 2 nitrogen and oxygen atoms in total. The van der Waals surface area contributed by atoms with Crippen LogP contribution < -0.4 is 0 Å². The Labute approximate surface area is 191 Å². The Balaban J connectivity index is 1.47. The van der Waals surface area contributed by atoms with Crippen molar-refractivity contribution in [2.45, 2.75) is 6.92 Å². The van der Waals surface area contributed by atoms with Crippen LogP contribution in [0.4, 0.5) is 0 Å². The molecular formula is C31H22N2. The molecule has 0 radical (unpaired) electrons. The van der Waals surface area contributed by atoms with Gasteiger partial charge in [0.2, 0.25) is 0 Å². The largest absolute Gasteiger partial charge is 0.355 e. The molecule has 0 aliphatic carbocycles. The summed E-state index contributed by atoms with van der Waals surface area (Å²) >= 11 is 0. The van der Waals surface area contributed by atoms with Crippen molar-refractivity contribution in [3.05, 3.63) is 115 Å². The van der Waals surface area contributed by atoms with E-state index in [-0.39, 0.29) is 0 Å².